The van der Waals surface area contributed by atoms with E-state index in [2.05, 4.69) is 0 Å². The first-order valence-electron chi connectivity index (χ1n) is 6.54. The van der Waals surface area contributed by atoms with Gasteiger partial charge in [-0.25, -0.2) is 0 Å². The van der Waals surface area contributed by atoms with Crippen molar-refractivity contribution in [2.75, 3.05) is 32.7 Å². The monoisotopic (exact) mass is 259 g/mol. The number of carbonyl (C=O) groups is 1. The van der Waals surface area contributed by atoms with Crippen LogP contribution in [0.15, 0.2) is 0 Å². The molecule has 1 saturated carbocycles. The van der Waals surface area contributed by atoms with Gasteiger partial charge in [-0.15, -0.1) is 11.6 Å². The molecule has 98 valence electrons. The molecule has 1 aliphatic heterocycles. The van der Waals surface area contributed by atoms with Crippen molar-refractivity contribution in [2.45, 2.75) is 32.1 Å². The summed E-state index contributed by atoms with van der Waals surface area (Å²) < 4.78 is 5.41. The Bertz CT molecular complexity index is 281. The van der Waals surface area contributed by atoms with Crippen LogP contribution in [0.3, 0.4) is 0 Å². The maximum absolute atomic E-state index is 11.9. The van der Waals surface area contributed by atoms with Crippen molar-refractivity contribution in [2.24, 2.45) is 11.3 Å². The molecule has 1 amide bonds. The van der Waals surface area contributed by atoms with Crippen molar-refractivity contribution >= 4 is 17.5 Å². The Balaban J connectivity index is 2.05. The van der Waals surface area contributed by atoms with Crippen LogP contribution in [-0.4, -0.2) is 43.5 Å². The summed E-state index contributed by atoms with van der Waals surface area (Å²) in [7, 11) is 1.77. The maximum atomic E-state index is 11.9. The molecule has 2 unspecified atom stereocenters. The molecule has 1 heterocycles. The minimum Gasteiger partial charge on any atom is -0.384 e. The third-order valence-corrected chi connectivity index (χ3v) is 4.57. The van der Waals surface area contributed by atoms with Crippen LogP contribution < -0.4 is 0 Å². The number of rotatable bonds is 4. The molecule has 2 rings (SSSR count). The van der Waals surface area contributed by atoms with Crippen LogP contribution in [0.25, 0.3) is 0 Å². The molecule has 2 atom stereocenters. The number of nitrogens with zero attached hydrogens (tertiary/aromatic N) is 1. The van der Waals surface area contributed by atoms with Crippen LogP contribution in [0, 0.1) is 11.3 Å². The Morgan fingerprint density at radius 3 is 3.06 bits per heavy atom. The molecule has 0 aromatic heterocycles. The molecule has 0 N–H and O–H groups in total. The highest BCUT2D eigenvalue weighted by Gasteiger charge is 2.48. The molecule has 0 bridgehead atoms. The van der Waals surface area contributed by atoms with Crippen LogP contribution in [0.1, 0.15) is 32.1 Å². The molecule has 1 saturated heterocycles. The van der Waals surface area contributed by atoms with E-state index in [0.29, 0.717) is 18.2 Å². The van der Waals surface area contributed by atoms with Crippen molar-refractivity contribution < 1.29 is 9.53 Å². The molecular formula is C13H22ClNO2. The zero-order chi connectivity index (χ0) is 12.3. The summed E-state index contributed by atoms with van der Waals surface area (Å²) in [6.45, 7) is 2.59. The number of hydrogen-bond acceptors (Lipinski definition) is 2. The summed E-state index contributed by atoms with van der Waals surface area (Å²) in [5, 5.41) is 0. The Morgan fingerprint density at radius 2 is 2.35 bits per heavy atom. The van der Waals surface area contributed by atoms with Crippen LogP contribution in [0.4, 0.5) is 0 Å². The van der Waals surface area contributed by atoms with E-state index < -0.39 is 0 Å². The van der Waals surface area contributed by atoms with Crippen LogP contribution in [-0.2, 0) is 9.53 Å². The maximum Gasteiger partial charge on any atom is 0.223 e. The Morgan fingerprint density at radius 1 is 1.53 bits per heavy atom. The van der Waals surface area contributed by atoms with E-state index in [0.717, 1.165) is 19.7 Å². The molecule has 0 aromatic carbocycles. The average molecular weight is 260 g/mol. The largest absolute Gasteiger partial charge is 0.384 e. The number of fused-ring (bicyclic) bond motifs is 1. The lowest BCUT2D eigenvalue weighted by atomic mass is 9.69. The topological polar surface area (TPSA) is 29.5 Å². The van der Waals surface area contributed by atoms with Gasteiger partial charge in [0, 0.05) is 37.9 Å². The minimum absolute atomic E-state index is 0.213. The summed E-state index contributed by atoms with van der Waals surface area (Å²) in [6, 6.07) is 0. The Kier molecular flexibility index (Phi) is 4.31. The summed E-state index contributed by atoms with van der Waals surface area (Å²) in [4.78, 5) is 13.9. The van der Waals surface area contributed by atoms with E-state index in [4.69, 9.17) is 16.3 Å². The highest BCUT2D eigenvalue weighted by Crippen LogP contribution is 2.46. The Hall–Kier alpha value is -0.280. The van der Waals surface area contributed by atoms with Gasteiger partial charge < -0.3 is 9.64 Å². The second-order valence-corrected chi connectivity index (χ2v) is 5.83. The second-order valence-electron chi connectivity index (χ2n) is 5.45. The average Bonchev–Trinajstić information content (AvgIpc) is 2.69. The first-order chi connectivity index (χ1) is 8.22. The summed E-state index contributed by atoms with van der Waals surface area (Å²) in [5.74, 6) is 1.28. The lowest BCUT2D eigenvalue weighted by molar-refractivity contribution is -0.130. The number of methoxy groups -OCH3 is 1. The first-order valence-corrected chi connectivity index (χ1v) is 7.08. The predicted octanol–water partition coefficient (Wildman–Crippen LogP) is 2.28. The number of ether oxygens (including phenoxy) is 1. The van der Waals surface area contributed by atoms with Crippen LogP contribution in [0.2, 0.25) is 0 Å². The standard InChI is InChI=1S/C13H22ClNO2/c1-17-10-13-6-3-2-4-11(13)8-15(9-13)12(16)5-7-14/h11H,2-10H2,1H3. The summed E-state index contributed by atoms with van der Waals surface area (Å²) >= 11 is 5.65. The first kappa shape index (κ1) is 13.2. The van der Waals surface area contributed by atoms with Gasteiger partial charge in [-0.1, -0.05) is 12.8 Å². The van der Waals surface area contributed by atoms with Crippen LogP contribution >= 0.6 is 11.6 Å². The lowest BCUT2D eigenvalue weighted by Gasteiger charge is -2.37. The number of hydrogen-bond donors (Lipinski definition) is 0. The quantitative estimate of drug-likeness (QED) is 0.725. The van der Waals surface area contributed by atoms with Crippen molar-refractivity contribution in [3.8, 4) is 0 Å². The van der Waals surface area contributed by atoms with Gasteiger partial charge in [-0.05, 0) is 18.8 Å². The highest BCUT2D eigenvalue weighted by molar-refractivity contribution is 6.18. The molecule has 0 radical (unpaired) electrons. The number of carbonyl (C=O) groups excluding carboxylic acids is 1. The minimum atomic E-state index is 0.213. The van der Waals surface area contributed by atoms with Gasteiger partial charge in [0.05, 0.1) is 6.61 Å². The molecule has 0 spiro atoms. The summed E-state index contributed by atoms with van der Waals surface area (Å²) in [6.07, 6.45) is 5.49. The number of amides is 1. The molecular weight excluding hydrogens is 238 g/mol. The fourth-order valence-corrected chi connectivity index (χ4v) is 3.70. The van der Waals surface area contributed by atoms with Gasteiger partial charge in [0.15, 0.2) is 0 Å². The lowest BCUT2D eigenvalue weighted by Crippen LogP contribution is -2.38. The molecule has 0 aromatic rings. The van der Waals surface area contributed by atoms with E-state index in [9.17, 15) is 4.79 Å². The number of halogens is 1. The molecule has 1 aliphatic carbocycles. The van der Waals surface area contributed by atoms with Crippen molar-refractivity contribution in [1.29, 1.82) is 0 Å². The number of alkyl halides is 1. The molecule has 2 fully saturated rings. The van der Waals surface area contributed by atoms with Gasteiger partial charge in [0.1, 0.15) is 0 Å². The van der Waals surface area contributed by atoms with Crippen molar-refractivity contribution in [1.82, 2.24) is 4.90 Å². The normalized spacial score (nSPS) is 32.6. The zero-order valence-corrected chi connectivity index (χ0v) is 11.3. The molecule has 3 nitrogen and oxygen atoms in total. The fraction of sp³-hybridized carbons (Fsp3) is 0.923. The molecule has 2 aliphatic rings. The van der Waals surface area contributed by atoms with E-state index in [1.54, 1.807) is 7.11 Å². The smallest absolute Gasteiger partial charge is 0.223 e. The van der Waals surface area contributed by atoms with E-state index in [-0.39, 0.29) is 11.3 Å². The van der Waals surface area contributed by atoms with Gasteiger partial charge in [-0.2, -0.15) is 0 Å². The zero-order valence-electron chi connectivity index (χ0n) is 10.6. The third kappa shape index (κ3) is 2.60. The number of likely N-dealkylation sites (tertiary alicyclic amines) is 1. The SMILES string of the molecule is COCC12CCCCC1CN(C(=O)CCCl)C2. The fourth-order valence-electron chi connectivity index (χ4n) is 3.53. The van der Waals surface area contributed by atoms with E-state index >= 15 is 0 Å². The highest BCUT2D eigenvalue weighted by atomic mass is 35.5. The van der Waals surface area contributed by atoms with Gasteiger partial charge in [0.2, 0.25) is 5.91 Å². The molecule has 4 heteroatoms. The van der Waals surface area contributed by atoms with Crippen molar-refractivity contribution in [3.05, 3.63) is 0 Å². The Labute approximate surface area is 108 Å². The molecule has 17 heavy (non-hydrogen) atoms. The van der Waals surface area contributed by atoms with Gasteiger partial charge in [-0.3, -0.25) is 4.79 Å². The second kappa shape index (κ2) is 5.57. The van der Waals surface area contributed by atoms with E-state index in [1.165, 1.54) is 25.7 Å². The van der Waals surface area contributed by atoms with Gasteiger partial charge >= 0.3 is 0 Å². The van der Waals surface area contributed by atoms with Crippen LogP contribution in [0.5, 0.6) is 0 Å². The van der Waals surface area contributed by atoms with Crippen molar-refractivity contribution in [3.63, 3.8) is 0 Å². The van der Waals surface area contributed by atoms with E-state index in [1.807, 2.05) is 4.90 Å². The predicted molar refractivity (Wildman–Crippen MR) is 68.2 cm³/mol. The summed E-state index contributed by atoms with van der Waals surface area (Å²) in [5.41, 5.74) is 0.231. The third-order valence-electron chi connectivity index (χ3n) is 4.38. The van der Waals surface area contributed by atoms with Gasteiger partial charge in [0.25, 0.3) is 0 Å².